The van der Waals surface area contributed by atoms with Crippen molar-refractivity contribution < 1.29 is 13.2 Å². The van der Waals surface area contributed by atoms with Gasteiger partial charge in [-0.3, -0.25) is 4.79 Å². The Kier molecular flexibility index (Phi) is 6.07. The van der Waals surface area contributed by atoms with Gasteiger partial charge in [0.2, 0.25) is 16.0 Å². The quantitative estimate of drug-likeness (QED) is 0.378. The number of hydrogen-bond acceptors (Lipinski definition) is 8. The molecule has 0 aliphatic carbocycles. The fourth-order valence-corrected chi connectivity index (χ4v) is 4.68. The SMILES string of the molecule is CN(C)CCNC(=O)c1cc2c(ccc3cnc(Nc4cccc(S(N)(=O)=O)c4)nc32)s1. The van der Waals surface area contributed by atoms with Crippen LogP contribution in [0.25, 0.3) is 21.0 Å². The zero-order chi connectivity index (χ0) is 22.9. The normalized spacial score (nSPS) is 11.9. The number of hydrogen-bond donors (Lipinski definition) is 3. The Labute approximate surface area is 189 Å². The van der Waals surface area contributed by atoms with Crippen LogP contribution in [0.5, 0.6) is 0 Å². The summed E-state index contributed by atoms with van der Waals surface area (Å²) in [5.41, 5.74) is 1.19. The predicted molar refractivity (Wildman–Crippen MR) is 127 cm³/mol. The molecule has 0 aliphatic rings. The van der Waals surface area contributed by atoms with Crippen LogP contribution in [0.3, 0.4) is 0 Å². The number of amides is 1. The Hall–Kier alpha value is -3.12. The summed E-state index contributed by atoms with van der Waals surface area (Å²) in [5.74, 6) is 0.188. The maximum atomic E-state index is 12.5. The third-order valence-corrected chi connectivity index (χ3v) is 6.74. The number of anilines is 2. The minimum Gasteiger partial charge on any atom is -0.350 e. The molecule has 0 saturated carbocycles. The number of carbonyl (C=O) groups is 1. The molecule has 0 atom stereocenters. The van der Waals surface area contributed by atoms with Crippen LogP contribution in [0.1, 0.15) is 9.67 Å². The molecule has 2 aromatic carbocycles. The molecule has 0 spiro atoms. The topological polar surface area (TPSA) is 130 Å². The van der Waals surface area contributed by atoms with Crippen molar-refractivity contribution in [2.75, 3.05) is 32.5 Å². The number of nitrogens with one attached hydrogen (secondary N) is 2. The number of primary sulfonamides is 1. The smallest absolute Gasteiger partial charge is 0.261 e. The fourth-order valence-electron chi connectivity index (χ4n) is 3.14. The van der Waals surface area contributed by atoms with Crippen LogP contribution in [0, 0.1) is 0 Å². The molecule has 0 saturated heterocycles. The van der Waals surface area contributed by atoms with E-state index in [9.17, 15) is 13.2 Å². The summed E-state index contributed by atoms with van der Waals surface area (Å²) in [6.45, 7) is 1.32. The number of nitrogens with two attached hydrogens (primary N) is 1. The Morgan fingerprint density at radius 2 is 2.00 bits per heavy atom. The van der Waals surface area contributed by atoms with E-state index in [1.165, 1.54) is 23.5 Å². The van der Waals surface area contributed by atoms with E-state index in [0.29, 0.717) is 28.6 Å². The van der Waals surface area contributed by atoms with E-state index in [1.807, 2.05) is 37.2 Å². The van der Waals surface area contributed by atoms with Gasteiger partial charge in [0.15, 0.2) is 0 Å². The zero-order valence-corrected chi connectivity index (χ0v) is 19.1. The van der Waals surface area contributed by atoms with Gasteiger partial charge in [-0.2, -0.15) is 0 Å². The first kappa shape index (κ1) is 22.1. The number of sulfonamides is 1. The number of nitrogens with zero attached hydrogens (tertiary/aromatic N) is 3. The van der Waals surface area contributed by atoms with Crippen molar-refractivity contribution in [3.8, 4) is 0 Å². The van der Waals surface area contributed by atoms with E-state index in [0.717, 1.165) is 22.0 Å². The molecule has 0 unspecified atom stereocenters. The minimum absolute atomic E-state index is 0.00608. The van der Waals surface area contributed by atoms with Crippen molar-refractivity contribution in [1.29, 1.82) is 0 Å². The van der Waals surface area contributed by atoms with E-state index in [2.05, 4.69) is 20.6 Å². The van der Waals surface area contributed by atoms with Crippen LogP contribution in [0.4, 0.5) is 11.6 Å². The van der Waals surface area contributed by atoms with E-state index in [-0.39, 0.29) is 10.8 Å². The largest absolute Gasteiger partial charge is 0.350 e. The van der Waals surface area contributed by atoms with Crippen molar-refractivity contribution in [3.05, 3.63) is 53.5 Å². The van der Waals surface area contributed by atoms with E-state index < -0.39 is 10.0 Å². The van der Waals surface area contributed by atoms with Crippen LogP contribution in [0.2, 0.25) is 0 Å². The second-order valence-corrected chi connectivity index (χ2v) is 10.1. The molecule has 0 radical (unpaired) electrons. The molecule has 32 heavy (non-hydrogen) atoms. The first-order valence-corrected chi connectivity index (χ1v) is 12.1. The van der Waals surface area contributed by atoms with Crippen molar-refractivity contribution in [2.24, 2.45) is 5.14 Å². The summed E-state index contributed by atoms with van der Waals surface area (Å²) in [6.07, 6.45) is 1.68. The van der Waals surface area contributed by atoms with Crippen LogP contribution in [0.15, 0.2) is 53.6 Å². The highest BCUT2D eigenvalue weighted by Crippen LogP contribution is 2.31. The molecule has 11 heteroatoms. The standard InChI is InChI=1S/C21H22N6O3S2/c1-27(2)9-8-23-20(28)18-11-16-17(31-18)7-6-13-12-24-21(26-19(13)16)25-14-4-3-5-15(10-14)32(22,29)30/h3-7,10-12H,8-9H2,1-2H3,(H,23,28)(H2,22,29,30)(H,24,25,26). The lowest BCUT2D eigenvalue weighted by Gasteiger charge is -2.09. The van der Waals surface area contributed by atoms with Crippen LogP contribution in [-0.2, 0) is 10.0 Å². The second kappa shape index (κ2) is 8.79. The molecule has 0 aliphatic heterocycles. The number of aromatic nitrogens is 2. The number of benzene rings is 2. The van der Waals surface area contributed by atoms with E-state index in [4.69, 9.17) is 5.14 Å². The Balaban J connectivity index is 1.65. The monoisotopic (exact) mass is 470 g/mol. The Morgan fingerprint density at radius 1 is 1.19 bits per heavy atom. The highest BCUT2D eigenvalue weighted by Gasteiger charge is 2.14. The molecule has 166 valence electrons. The van der Waals surface area contributed by atoms with Gasteiger partial charge in [-0.25, -0.2) is 23.5 Å². The van der Waals surface area contributed by atoms with Crippen molar-refractivity contribution >= 4 is 59.9 Å². The predicted octanol–water partition coefficient (Wildman–Crippen LogP) is 2.53. The van der Waals surface area contributed by atoms with E-state index in [1.54, 1.807) is 18.3 Å². The fraction of sp³-hybridized carbons (Fsp3) is 0.190. The highest BCUT2D eigenvalue weighted by atomic mass is 32.2. The number of rotatable bonds is 7. The summed E-state index contributed by atoms with van der Waals surface area (Å²) in [6, 6.07) is 11.8. The van der Waals surface area contributed by atoms with Gasteiger partial charge in [0.05, 0.1) is 15.3 Å². The molecular weight excluding hydrogens is 448 g/mol. The second-order valence-electron chi connectivity index (χ2n) is 7.48. The molecular formula is C21H22N6O3S2. The van der Waals surface area contributed by atoms with Crippen molar-refractivity contribution in [3.63, 3.8) is 0 Å². The molecule has 9 nitrogen and oxygen atoms in total. The number of thiophene rings is 1. The third-order valence-electron chi connectivity index (χ3n) is 4.73. The molecule has 4 rings (SSSR count). The zero-order valence-electron chi connectivity index (χ0n) is 17.5. The molecule has 4 aromatic rings. The van der Waals surface area contributed by atoms with Crippen LogP contribution >= 0.6 is 11.3 Å². The van der Waals surface area contributed by atoms with Gasteiger partial charge in [-0.1, -0.05) is 6.07 Å². The summed E-state index contributed by atoms with van der Waals surface area (Å²) >= 11 is 1.41. The summed E-state index contributed by atoms with van der Waals surface area (Å²) < 4.78 is 24.1. The number of fused-ring (bicyclic) bond motifs is 3. The minimum atomic E-state index is -3.82. The summed E-state index contributed by atoms with van der Waals surface area (Å²) in [5, 5.41) is 12.8. The molecule has 2 heterocycles. The van der Waals surface area contributed by atoms with Gasteiger partial charge in [-0.15, -0.1) is 11.3 Å². The van der Waals surface area contributed by atoms with Gasteiger partial charge < -0.3 is 15.5 Å². The molecule has 1 amide bonds. The Bertz CT molecular complexity index is 1420. The average Bonchev–Trinajstić information content (AvgIpc) is 3.18. The average molecular weight is 471 g/mol. The first-order valence-electron chi connectivity index (χ1n) is 9.73. The van der Waals surface area contributed by atoms with Crippen molar-refractivity contribution in [2.45, 2.75) is 4.90 Å². The molecule has 2 aromatic heterocycles. The lowest BCUT2D eigenvalue weighted by Crippen LogP contribution is -2.30. The van der Waals surface area contributed by atoms with Gasteiger partial charge in [0.25, 0.3) is 5.91 Å². The Morgan fingerprint density at radius 3 is 2.75 bits per heavy atom. The van der Waals surface area contributed by atoms with Crippen LogP contribution < -0.4 is 15.8 Å². The van der Waals surface area contributed by atoms with Crippen molar-refractivity contribution in [1.82, 2.24) is 20.2 Å². The molecule has 4 N–H and O–H groups in total. The van der Waals surface area contributed by atoms with E-state index >= 15 is 0 Å². The van der Waals surface area contributed by atoms with Gasteiger partial charge >= 0.3 is 0 Å². The molecule has 0 fully saturated rings. The van der Waals surface area contributed by atoms with Gasteiger partial charge in [0, 0.05) is 40.4 Å². The van der Waals surface area contributed by atoms with Gasteiger partial charge in [0.1, 0.15) is 0 Å². The summed E-state index contributed by atoms with van der Waals surface area (Å²) in [7, 11) is 0.0872. The highest BCUT2D eigenvalue weighted by molar-refractivity contribution is 7.89. The van der Waals surface area contributed by atoms with Gasteiger partial charge in [-0.05, 0) is 50.5 Å². The summed E-state index contributed by atoms with van der Waals surface area (Å²) in [4.78, 5) is 24.1. The van der Waals surface area contributed by atoms with Crippen LogP contribution in [-0.4, -0.2) is 56.4 Å². The first-order chi connectivity index (χ1) is 15.2. The lowest BCUT2D eigenvalue weighted by molar-refractivity contribution is 0.0955. The lowest BCUT2D eigenvalue weighted by atomic mass is 10.2. The third kappa shape index (κ3) is 4.86. The number of likely N-dealkylation sites (N-methyl/N-ethyl adjacent to an activating group) is 1. The maximum absolute atomic E-state index is 12.5. The maximum Gasteiger partial charge on any atom is 0.261 e. The molecule has 0 bridgehead atoms. The number of carbonyl (C=O) groups excluding carboxylic acids is 1.